The van der Waals surface area contributed by atoms with E-state index in [0.717, 1.165) is 0 Å². The molecule has 0 aromatic carbocycles. The number of thiol groups is 1. The van der Waals surface area contributed by atoms with Crippen molar-refractivity contribution in [1.29, 1.82) is 0 Å². The second-order valence-corrected chi connectivity index (χ2v) is 11.6. The summed E-state index contributed by atoms with van der Waals surface area (Å²) in [5.74, 6) is 1.68. The fraction of sp³-hybridized carbons (Fsp3) is 1.00. The van der Waals surface area contributed by atoms with Crippen molar-refractivity contribution in [2.24, 2.45) is 28.7 Å². The second kappa shape index (κ2) is 15.4. The molecule has 0 amide bonds. The topological polar surface area (TPSA) is 257 Å². The van der Waals surface area contributed by atoms with Gasteiger partial charge in [0.05, 0.1) is 49.7 Å². The number of aliphatic hydroxyl groups is 4. The molecule has 2 heterocycles. The molecule has 8 unspecified atom stereocenters. The third-order valence-electron chi connectivity index (χ3n) is 7.12. The molecule has 14 nitrogen and oxygen atoms in total. The number of ether oxygens (including phenoxy) is 5. The molecule has 3 rings (SSSR count). The fourth-order valence-electron chi connectivity index (χ4n) is 4.90. The Morgan fingerprint density at radius 1 is 0.789 bits per heavy atom. The first-order chi connectivity index (χ1) is 18.1. The molecule has 2 aliphatic heterocycles. The summed E-state index contributed by atoms with van der Waals surface area (Å²) in [6, 6.07) is -3.10. The molecule has 224 valence electrons. The standard InChI is InChI=1S/C22H45N5O9S2/c23-7-13-12(28)6-11(26)21(33-13)35-19-9(24)5-10(25)20(18(19)31)36-22-17(30)15(27)16(29)14(34-22)8-38-4-2-32-1-3-37/h9-22,28-31,37H,1-8,23-27H2/t9-,10?,11+,12?,13+,14?,15?,16+,17?,18?,19?,20-,21?,22+/m0/s1. The van der Waals surface area contributed by atoms with Gasteiger partial charge in [-0.3, -0.25) is 0 Å². The molecule has 0 spiro atoms. The molecule has 14 N–H and O–H groups in total. The Balaban J connectivity index is 1.62. The number of aliphatic hydroxyl groups excluding tert-OH is 4. The Morgan fingerprint density at radius 2 is 1.42 bits per heavy atom. The first kappa shape index (κ1) is 32.7. The van der Waals surface area contributed by atoms with Crippen LogP contribution in [-0.4, -0.2) is 143 Å². The van der Waals surface area contributed by atoms with Gasteiger partial charge in [0, 0.05) is 35.9 Å². The van der Waals surface area contributed by atoms with Crippen molar-refractivity contribution < 1.29 is 44.1 Å². The van der Waals surface area contributed by atoms with E-state index in [0.29, 0.717) is 30.5 Å². The monoisotopic (exact) mass is 587 g/mol. The van der Waals surface area contributed by atoms with Gasteiger partial charge >= 0.3 is 0 Å². The third kappa shape index (κ3) is 8.12. The number of hydrogen-bond donors (Lipinski definition) is 10. The SMILES string of the molecule is NC[C@H]1OC(OC2C(O)[C@@H](O[C@H]3OC(CSCCOCCS)[C@@H](O)C(N)C3O)C(N)C[C@@H]2N)[C@H](N)CC1O. The lowest BCUT2D eigenvalue weighted by atomic mass is 9.84. The van der Waals surface area contributed by atoms with E-state index in [2.05, 4.69) is 12.6 Å². The average molecular weight is 588 g/mol. The van der Waals surface area contributed by atoms with Crippen LogP contribution in [0.3, 0.4) is 0 Å². The summed E-state index contributed by atoms with van der Waals surface area (Å²) in [6.07, 6.45) is -9.88. The van der Waals surface area contributed by atoms with Crippen LogP contribution in [0.1, 0.15) is 12.8 Å². The minimum absolute atomic E-state index is 0.0643. The van der Waals surface area contributed by atoms with Gasteiger partial charge in [-0.25, -0.2) is 0 Å². The van der Waals surface area contributed by atoms with Gasteiger partial charge in [0.2, 0.25) is 0 Å². The molecular weight excluding hydrogens is 542 g/mol. The lowest BCUT2D eigenvalue weighted by Crippen LogP contribution is -2.68. The van der Waals surface area contributed by atoms with Crippen molar-refractivity contribution in [1.82, 2.24) is 0 Å². The van der Waals surface area contributed by atoms with Crippen molar-refractivity contribution in [2.45, 2.75) is 98.4 Å². The molecule has 3 fully saturated rings. The van der Waals surface area contributed by atoms with E-state index in [-0.39, 0.29) is 19.4 Å². The van der Waals surface area contributed by atoms with Crippen molar-refractivity contribution in [3.8, 4) is 0 Å². The van der Waals surface area contributed by atoms with Gasteiger partial charge in [-0.15, -0.1) is 0 Å². The molecule has 2 saturated heterocycles. The number of nitrogens with two attached hydrogens (primary N) is 5. The highest BCUT2D eigenvalue weighted by Crippen LogP contribution is 2.31. The van der Waals surface area contributed by atoms with Crippen LogP contribution < -0.4 is 28.7 Å². The highest BCUT2D eigenvalue weighted by atomic mass is 32.2. The zero-order valence-corrected chi connectivity index (χ0v) is 23.0. The average Bonchev–Trinajstić information content (AvgIpc) is 2.88. The number of thioether (sulfide) groups is 1. The second-order valence-electron chi connectivity index (χ2n) is 10.0. The molecule has 16 heteroatoms. The van der Waals surface area contributed by atoms with Gasteiger partial charge in [0.15, 0.2) is 12.6 Å². The lowest BCUT2D eigenvalue weighted by Gasteiger charge is -2.48. The van der Waals surface area contributed by atoms with Crippen molar-refractivity contribution >= 4 is 24.4 Å². The Kier molecular flexibility index (Phi) is 13.2. The molecular formula is C22H45N5O9S2. The van der Waals surface area contributed by atoms with Crippen LogP contribution in [0.5, 0.6) is 0 Å². The lowest BCUT2D eigenvalue weighted by molar-refractivity contribution is -0.309. The molecule has 0 aromatic rings. The minimum Gasteiger partial charge on any atom is -0.390 e. The zero-order valence-electron chi connectivity index (χ0n) is 21.3. The molecule has 14 atom stereocenters. The van der Waals surface area contributed by atoms with E-state index in [1.54, 1.807) is 0 Å². The van der Waals surface area contributed by atoms with Crippen LogP contribution in [0, 0.1) is 0 Å². The van der Waals surface area contributed by atoms with Crippen molar-refractivity contribution in [3.05, 3.63) is 0 Å². The van der Waals surface area contributed by atoms with Gasteiger partial charge in [-0.1, -0.05) is 0 Å². The first-order valence-corrected chi connectivity index (χ1v) is 14.7. The zero-order chi connectivity index (χ0) is 28.0. The quantitative estimate of drug-likeness (QED) is 0.0761. The van der Waals surface area contributed by atoms with Crippen LogP contribution in [0.25, 0.3) is 0 Å². The van der Waals surface area contributed by atoms with E-state index in [1.165, 1.54) is 11.8 Å². The molecule has 0 aromatic heterocycles. The van der Waals surface area contributed by atoms with E-state index in [1.807, 2.05) is 0 Å². The predicted molar refractivity (Wildman–Crippen MR) is 143 cm³/mol. The highest BCUT2D eigenvalue weighted by Gasteiger charge is 2.50. The summed E-state index contributed by atoms with van der Waals surface area (Å²) in [4.78, 5) is 0. The summed E-state index contributed by atoms with van der Waals surface area (Å²) >= 11 is 5.59. The summed E-state index contributed by atoms with van der Waals surface area (Å²) in [5, 5.41) is 42.5. The van der Waals surface area contributed by atoms with Gasteiger partial charge in [0.1, 0.15) is 24.4 Å². The van der Waals surface area contributed by atoms with Gasteiger partial charge in [-0.2, -0.15) is 24.4 Å². The van der Waals surface area contributed by atoms with Crippen LogP contribution >= 0.6 is 24.4 Å². The largest absolute Gasteiger partial charge is 0.390 e. The minimum atomic E-state index is -1.37. The van der Waals surface area contributed by atoms with E-state index >= 15 is 0 Å². The summed E-state index contributed by atoms with van der Waals surface area (Å²) in [6.45, 7) is 1.13. The molecule has 0 radical (unpaired) electrons. The van der Waals surface area contributed by atoms with Crippen LogP contribution in [-0.2, 0) is 23.7 Å². The number of rotatable bonds is 12. The molecule has 1 aliphatic carbocycles. The summed E-state index contributed by atoms with van der Waals surface area (Å²) in [7, 11) is 0. The Bertz CT molecular complexity index is 710. The maximum Gasteiger partial charge on any atom is 0.186 e. The summed E-state index contributed by atoms with van der Waals surface area (Å²) in [5.41, 5.74) is 30.4. The molecule has 1 saturated carbocycles. The normalized spacial score (nSPS) is 46.3. The van der Waals surface area contributed by atoms with Gasteiger partial charge < -0.3 is 72.8 Å². The Hall–Kier alpha value is 0.140. The summed E-state index contributed by atoms with van der Waals surface area (Å²) < 4.78 is 28.9. The van der Waals surface area contributed by atoms with Crippen LogP contribution in [0.15, 0.2) is 0 Å². The van der Waals surface area contributed by atoms with E-state index < -0.39 is 85.6 Å². The highest BCUT2D eigenvalue weighted by molar-refractivity contribution is 7.99. The molecule has 0 bridgehead atoms. The maximum atomic E-state index is 11.2. The number of hydrogen-bond acceptors (Lipinski definition) is 16. The fourth-order valence-corrected chi connectivity index (χ4v) is 5.94. The van der Waals surface area contributed by atoms with Gasteiger partial charge in [-0.05, 0) is 12.8 Å². The van der Waals surface area contributed by atoms with Gasteiger partial charge in [0.25, 0.3) is 0 Å². The Labute approximate surface area is 232 Å². The van der Waals surface area contributed by atoms with E-state index in [9.17, 15) is 20.4 Å². The predicted octanol–water partition coefficient (Wildman–Crippen LogP) is -4.61. The molecule has 3 aliphatic rings. The third-order valence-corrected chi connectivity index (χ3v) is 8.33. The van der Waals surface area contributed by atoms with Crippen LogP contribution in [0.4, 0.5) is 0 Å². The Morgan fingerprint density at radius 3 is 2.05 bits per heavy atom. The van der Waals surface area contributed by atoms with Crippen molar-refractivity contribution in [2.75, 3.05) is 37.0 Å². The smallest absolute Gasteiger partial charge is 0.186 e. The first-order valence-electron chi connectivity index (χ1n) is 12.9. The molecule has 38 heavy (non-hydrogen) atoms. The van der Waals surface area contributed by atoms with Crippen molar-refractivity contribution in [3.63, 3.8) is 0 Å². The van der Waals surface area contributed by atoms with E-state index in [4.69, 9.17) is 52.4 Å². The maximum absolute atomic E-state index is 11.2. The van der Waals surface area contributed by atoms with Crippen LogP contribution in [0.2, 0.25) is 0 Å².